The van der Waals surface area contributed by atoms with E-state index in [4.69, 9.17) is 11.5 Å². The Morgan fingerprint density at radius 3 is 1.37 bits per heavy atom. The fourth-order valence-corrected chi connectivity index (χ4v) is 7.58. The van der Waals surface area contributed by atoms with E-state index in [1.54, 1.807) is 0 Å². The SMILES string of the molecule is CCCCCCCCCCCCCCC(N)CCCNC(=O)CCC.CCCCCCCCCCCCCCCCCCN1CCCC1C(N)=O. The van der Waals surface area contributed by atoms with Gasteiger partial charge in [0.1, 0.15) is 0 Å². The number of hydrogen-bond donors (Lipinski definition) is 3. The third-order valence-electron chi connectivity index (χ3n) is 11.0. The van der Waals surface area contributed by atoms with E-state index in [1.807, 2.05) is 6.92 Å². The number of carbonyl (C=O) groups is 2. The van der Waals surface area contributed by atoms with Crippen LogP contribution in [0.5, 0.6) is 0 Å². The minimum Gasteiger partial charge on any atom is -0.368 e. The van der Waals surface area contributed by atoms with E-state index in [0.717, 1.165) is 58.2 Å². The molecule has 0 bridgehead atoms. The van der Waals surface area contributed by atoms with Crippen LogP contribution in [0.3, 0.4) is 0 Å². The number of hydrogen-bond acceptors (Lipinski definition) is 4. The number of nitrogens with one attached hydrogen (secondary N) is 1. The number of nitrogens with zero attached hydrogens (tertiary/aromatic N) is 1. The molecule has 5 N–H and O–H groups in total. The average Bonchev–Trinajstić information content (AvgIpc) is 3.60. The van der Waals surface area contributed by atoms with Gasteiger partial charge in [0, 0.05) is 19.0 Å². The quantitative estimate of drug-likeness (QED) is 0.0556. The molecule has 0 aromatic rings. The maximum Gasteiger partial charge on any atom is 0.234 e. The van der Waals surface area contributed by atoms with Crippen molar-refractivity contribution in [1.29, 1.82) is 0 Å². The van der Waals surface area contributed by atoms with E-state index < -0.39 is 0 Å². The summed E-state index contributed by atoms with van der Waals surface area (Å²) in [6, 6.07) is 0.331. The Morgan fingerprint density at radius 2 is 0.961 bits per heavy atom. The van der Waals surface area contributed by atoms with Gasteiger partial charge < -0.3 is 16.8 Å². The molecule has 0 spiro atoms. The minimum atomic E-state index is -0.126. The Labute approximate surface area is 319 Å². The summed E-state index contributed by atoms with van der Waals surface area (Å²) in [5.41, 5.74) is 11.6. The lowest BCUT2D eigenvalue weighted by atomic mass is 10.0. The molecular weight excluding hydrogens is 629 g/mol. The van der Waals surface area contributed by atoms with Crippen molar-refractivity contribution in [1.82, 2.24) is 10.2 Å². The third kappa shape index (κ3) is 35.6. The number of unbranched alkanes of at least 4 members (excludes halogenated alkanes) is 26. The lowest BCUT2D eigenvalue weighted by Crippen LogP contribution is -2.40. The van der Waals surface area contributed by atoms with Gasteiger partial charge in [-0.3, -0.25) is 14.5 Å². The average molecular weight is 721 g/mol. The van der Waals surface area contributed by atoms with Crippen molar-refractivity contribution in [3.8, 4) is 0 Å². The maximum atomic E-state index is 11.4. The summed E-state index contributed by atoms with van der Waals surface area (Å²) in [5.74, 6) is 0.0519. The van der Waals surface area contributed by atoms with Gasteiger partial charge in [-0.2, -0.15) is 0 Å². The second kappa shape index (κ2) is 40.1. The second-order valence-electron chi connectivity index (χ2n) is 16.1. The van der Waals surface area contributed by atoms with Crippen LogP contribution in [0.1, 0.15) is 245 Å². The van der Waals surface area contributed by atoms with Crippen molar-refractivity contribution in [2.75, 3.05) is 19.6 Å². The Bertz CT molecular complexity index is 733. The Kier molecular flexibility index (Phi) is 39.2. The van der Waals surface area contributed by atoms with Crippen molar-refractivity contribution in [2.45, 2.75) is 258 Å². The molecule has 2 unspecified atom stereocenters. The van der Waals surface area contributed by atoms with Crippen molar-refractivity contribution in [3.05, 3.63) is 0 Å². The summed E-state index contributed by atoms with van der Waals surface area (Å²) in [4.78, 5) is 25.0. The molecule has 2 amide bonds. The predicted octanol–water partition coefficient (Wildman–Crippen LogP) is 12.3. The van der Waals surface area contributed by atoms with Gasteiger partial charge in [-0.05, 0) is 58.0 Å². The van der Waals surface area contributed by atoms with Crippen LogP contribution in [-0.4, -0.2) is 48.4 Å². The van der Waals surface area contributed by atoms with Crippen LogP contribution in [0, 0.1) is 0 Å². The van der Waals surface area contributed by atoms with Gasteiger partial charge in [-0.15, -0.1) is 0 Å². The molecule has 1 rings (SSSR count). The van der Waals surface area contributed by atoms with E-state index in [-0.39, 0.29) is 17.9 Å². The molecule has 51 heavy (non-hydrogen) atoms. The highest BCUT2D eigenvalue weighted by atomic mass is 16.2. The van der Waals surface area contributed by atoms with Gasteiger partial charge >= 0.3 is 0 Å². The molecule has 6 nitrogen and oxygen atoms in total. The van der Waals surface area contributed by atoms with Crippen molar-refractivity contribution in [3.63, 3.8) is 0 Å². The van der Waals surface area contributed by atoms with Crippen LogP contribution in [0.15, 0.2) is 0 Å². The van der Waals surface area contributed by atoms with Gasteiger partial charge in [0.25, 0.3) is 0 Å². The summed E-state index contributed by atoms with van der Waals surface area (Å²) >= 11 is 0. The highest BCUT2D eigenvalue weighted by Crippen LogP contribution is 2.19. The lowest BCUT2D eigenvalue weighted by Gasteiger charge is -2.21. The molecule has 0 aliphatic carbocycles. The normalized spacial score (nSPS) is 15.1. The predicted molar refractivity (Wildman–Crippen MR) is 224 cm³/mol. The van der Waals surface area contributed by atoms with E-state index >= 15 is 0 Å². The number of carbonyl (C=O) groups excluding carboxylic acids is 2. The van der Waals surface area contributed by atoms with Crippen LogP contribution in [0.25, 0.3) is 0 Å². The lowest BCUT2D eigenvalue weighted by molar-refractivity contribution is -0.122. The summed E-state index contributed by atoms with van der Waals surface area (Å²) in [5, 5.41) is 2.96. The molecule has 304 valence electrons. The zero-order valence-corrected chi connectivity index (χ0v) is 34.9. The molecule has 0 aromatic heterocycles. The van der Waals surface area contributed by atoms with Gasteiger partial charge in [0.15, 0.2) is 0 Å². The highest BCUT2D eigenvalue weighted by molar-refractivity contribution is 5.80. The number of likely N-dealkylation sites (tertiary alicyclic amines) is 1. The zero-order valence-electron chi connectivity index (χ0n) is 34.9. The van der Waals surface area contributed by atoms with Gasteiger partial charge in [-0.1, -0.05) is 194 Å². The topological polar surface area (TPSA) is 101 Å². The Balaban J connectivity index is 0.000000982. The van der Waals surface area contributed by atoms with Gasteiger partial charge in [0.05, 0.1) is 6.04 Å². The number of primary amides is 1. The molecule has 1 heterocycles. The van der Waals surface area contributed by atoms with Gasteiger partial charge in [0.2, 0.25) is 11.8 Å². The van der Waals surface area contributed by atoms with E-state index in [1.165, 1.54) is 180 Å². The highest BCUT2D eigenvalue weighted by Gasteiger charge is 2.28. The van der Waals surface area contributed by atoms with Crippen LogP contribution >= 0.6 is 0 Å². The smallest absolute Gasteiger partial charge is 0.234 e. The van der Waals surface area contributed by atoms with Crippen molar-refractivity contribution < 1.29 is 9.59 Å². The minimum absolute atomic E-state index is 0.0198. The van der Waals surface area contributed by atoms with Crippen molar-refractivity contribution >= 4 is 11.8 Å². The molecule has 1 aliphatic rings. The van der Waals surface area contributed by atoms with E-state index in [2.05, 4.69) is 24.1 Å². The first-order valence-corrected chi connectivity index (χ1v) is 23.0. The summed E-state index contributed by atoms with van der Waals surface area (Å²) in [6.07, 6.45) is 46.0. The number of nitrogens with two attached hydrogens (primary N) is 2. The molecule has 1 aliphatic heterocycles. The maximum absolute atomic E-state index is 11.4. The molecule has 2 atom stereocenters. The third-order valence-corrected chi connectivity index (χ3v) is 11.0. The Morgan fingerprint density at radius 1 is 0.569 bits per heavy atom. The van der Waals surface area contributed by atoms with Crippen LogP contribution in [-0.2, 0) is 9.59 Å². The monoisotopic (exact) mass is 721 g/mol. The first-order valence-electron chi connectivity index (χ1n) is 23.0. The Hall–Kier alpha value is -1.14. The van der Waals surface area contributed by atoms with Gasteiger partial charge in [-0.25, -0.2) is 0 Å². The van der Waals surface area contributed by atoms with Crippen LogP contribution in [0.4, 0.5) is 0 Å². The molecule has 6 heteroatoms. The van der Waals surface area contributed by atoms with E-state index in [0.29, 0.717) is 12.5 Å². The molecule has 0 radical (unpaired) electrons. The summed E-state index contributed by atoms with van der Waals surface area (Å²) < 4.78 is 0. The van der Waals surface area contributed by atoms with Crippen molar-refractivity contribution in [2.24, 2.45) is 11.5 Å². The molecule has 1 fully saturated rings. The standard InChI is InChI=1S/C23H46N2O.C22H46N2O/c1-2-3-4-5-6-7-8-9-10-11-12-13-14-15-16-17-20-25-21-18-19-22(25)23(24)26;1-3-5-6-7-8-9-10-11-12-13-14-15-18-21(23)19-16-20-24-22(25)17-4-2/h22H,2-21H2,1H3,(H2,24,26);21H,3-20,23H2,1-2H3,(H,24,25). The summed E-state index contributed by atoms with van der Waals surface area (Å²) in [7, 11) is 0. The molecule has 0 saturated carbocycles. The number of rotatable bonds is 37. The number of amides is 2. The fourth-order valence-electron chi connectivity index (χ4n) is 7.58. The van der Waals surface area contributed by atoms with E-state index in [9.17, 15) is 9.59 Å². The first kappa shape index (κ1) is 49.9. The zero-order chi connectivity index (χ0) is 37.5. The second-order valence-corrected chi connectivity index (χ2v) is 16.1. The first-order chi connectivity index (χ1) is 25.0. The molecular formula is C45H92N4O2. The fraction of sp³-hybridized carbons (Fsp3) is 0.956. The summed E-state index contributed by atoms with van der Waals surface area (Å²) in [6.45, 7) is 9.50. The molecule has 0 aromatic carbocycles. The largest absolute Gasteiger partial charge is 0.368 e. The van der Waals surface area contributed by atoms with Crippen LogP contribution in [0.2, 0.25) is 0 Å². The molecule has 1 saturated heterocycles. The van der Waals surface area contributed by atoms with Crippen LogP contribution < -0.4 is 16.8 Å².